The topological polar surface area (TPSA) is 66.9 Å². The van der Waals surface area contributed by atoms with Crippen molar-refractivity contribution in [3.8, 4) is 11.1 Å². The predicted molar refractivity (Wildman–Crippen MR) is 116 cm³/mol. The number of benzene rings is 1. The molecule has 1 aliphatic carbocycles. The fraction of sp³-hybridized carbons (Fsp3) is 0.136. The number of pyridine rings is 1. The first-order valence-corrected chi connectivity index (χ1v) is 10.00. The number of nitrogens with zero attached hydrogens (tertiary/aromatic N) is 2. The summed E-state index contributed by atoms with van der Waals surface area (Å²) >= 11 is 1.47. The minimum atomic E-state index is -0.246. The van der Waals surface area contributed by atoms with Crippen LogP contribution in [0.15, 0.2) is 67.0 Å². The highest BCUT2D eigenvalue weighted by atomic mass is 32.1. The maximum atomic E-state index is 11.9. The van der Waals surface area contributed by atoms with Gasteiger partial charge in [-0.05, 0) is 42.7 Å². The molecule has 0 saturated heterocycles. The predicted octanol–water partition coefficient (Wildman–Crippen LogP) is 5.40. The van der Waals surface area contributed by atoms with Crippen LogP contribution in [0.2, 0.25) is 0 Å². The van der Waals surface area contributed by atoms with Gasteiger partial charge in [0.15, 0.2) is 5.13 Å². The van der Waals surface area contributed by atoms with Gasteiger partial charge in [0.05, 0.1) is 10.2 Å². The maximum Gasteiger partial charge on any atom is 0.321 e. The van der Waals surface area contributed by atoms with Gasteiger partial charge in [0.2, 0.25) is 0 Å². The minimum Gasteiger partial charge on any atom is -0.338 e. The standard InChI is InChI=1S/C22H20N4OS/c1-2-24-21(27)26-22-25-19-13-17(15-8-5-3-4-6-9-15)12-18(20(19)28-22)16-10-7-11-23-14-16/h3,5-14H,2,4H2,1H3,(H2,24,25,26,27). The number of carbonyl (C=O) groups excluding carboxylic acids is 1. The molecule has 6 heteroatoms. The zero-order valence-electron chi connectivity index (χ0n) is 15.5. The van der Waals surface area contributed by atoms with Gasteiger partial charge in [-0.2, -0.15) is 0 Å². The lowest BCUT2D eigenvalue weighted by Crippen LogP contribution is -2.28. The Balaban J connectivity index is 1.85. The van der Waals surface area contributed by atoms with E-state index in [0.29, 0.717) is 11.7 Å². The van der Waals surface area contributed by atoms with Crippen LogP contribution in [0.5, 0.6) is 0 Å². The van der Waals surface area contributed by atoms with Gasteiger partial charge in [0.25, 0.3) is 0 Å². The Bertz CT molecular complexity index is 1100. The number of allylic oxidation sites excluding steroid dienone is 6. The van der Waals surface area contributed by atoms with E-state index in [2.05, 4.69) is 63.1 Å². The molecule has 0 radical (unpaired) electrons. The van der Waals surface area contributed by atoms with Crippen LogP contribution in [0, 0.1) is 0 Å². The zero-order chi connectivity index (χ0) is 19.3. The Morgan fingerprint density at radius 2 is 2.18 bits per heavy atom. The third-order valence-electron chi connectivity index (χ3n) is 4.34. The van der Waals surface area contributed by atoms with Crippen LogP contribution in [-0.4, -0.2) is 22.5 Å². The van der Waals surface area contributed by atoms with E-state index in [4.69, 9.17) is 0 Å². The van der Waals surface area contributed by atoms with Gasteiger partial charge in [-0.1, -0.05) is 47.8 Å². The van der Waals surface area contributed by atoms with Crippen molar-refractivity contribution in [2.24, 2.45) is 0 Å². The van der Waals surface area contributed by atoms with E-state index in [-0.39, 0.29) is 6.03 Å². The molecule has 2 N–H and O–H groups in total. The highest BCUT2D eigenvalue weighted by Gasteiger charge is 2.14. The van der Waals surface area contributed by atoms with Crippen LogP contribution in [-0.2, 0) is 0 Å². The number of hydrogen-bond donors (Lipinski definition) is 2. The van der Waals surface area contributed by atoms with E-state index in [1.54, 1.807) is 6.20 Å². The largest absolute Gasteiger partial charge is 0.338 e. The highest BCUT2D eigenvalue weighted by molar-refractivity contribution is 7.22. The quantitative estimate of drug-likeness (QED) is 0.629. The summed E-state index contributed by atoms with van der Waals surface area (Å²) < 4.78 is 1.03. The molecule has 1 aliphatic rings. The van der Waals surface area contributed by atoms with E-state index in [9.17, 15) is 4.79 Å². The SMILES string of the molecule is CCNC(=O)Nc1nc2cc(C3=CC=CCC=C3)cc(-c3cccnc3)c2s1. The van der Waals surface area contributed by atoms with Crippen molar-refractivity contribution in [2.45, 2.75) is 13.3 Å². The molecule has 2 heterocycles. The molecule has 4 rings (SSSR count). The van der Waals surface area contributed by atoms with Crippen molar-refractivity contribution < 1.29 is 4.79 Å². The van der Waals surface area contributed by atoms with Gasteiger partial charge < -0.3 is 5.32 Å². The lowest BCUT2D eigenvalue weighted by molar-refractivity contribution is 0.252. The number of rotatable bonds is 4. The number of amides is 2. The first-order chi connectivity index (χ1) is 13.7. The summed E-state index contributed by atoms with van der Waals surface area (Å²) in [7, 11) is 0. The van der Waals surface area contributed by atoms with E-state index in [0.717, 1.165) is 38.9 Å². The Kier molecular flexibility index (Phi) is 5.30. The molecule has 2 amide bonds. The van der Waals surface area contributed by atoms with Crippen molar-refractivity contribution in [3.05, 3.63) is 72.6 Å². The summed E-state index contributed by atoms with van der Waals surface area (Å²) in [5.74, 6) is 0. The monoisotopic (exact) mass is 388 g/mol. The summed E-state index contributed by atoms with van der Waals surface area (Å²) in [5, 5.41) is 6.13. The maximum absolute atomic E-state index is 11.9. The molecule has 140 valence electrons. The smallest absolute Gasteiger partial charge is 0.321 e. The van der Waals surface area contributed by atoms with E-state index < -0.39 is 0 Å². The van der Waals surface area contributed by atoms with Crippen LogP contribution in [0.4, 0.5) is 9.93 Å². The normalized spacial score (nSPS) is 13.2. The molecule has 0 aliphatic heterocycles. The lowest BCUT2D eigenvalue weighted by atomic mass is 9.98. The molecule has 0 bridgehead atoms. The van der Waals surface area contributed by atoms with Crippen LogP contribution < -0.4 is 10.6 Å². The van der Waals surface area contributed by atoms with Gasteiger partial charge in [0.1, 0.15) is 0 Å². The van der Waals surface area contributed by atoms with Gasteiger partial charge in [-0.25, -0.2) is 9.78 Å². The average molecular weight is 388 g/mol. The molecule has 0 fully saturated rings. The molecule has 28 heavy (non-hydrogen) atoms. The van der Waals surface area contributed by atoms with Gasteiger partial charge in [-0.15, -0.1) is 0 Å². The third-order valence-corrected chi connectivity index (χ3v) is 5.36. The van der Waals surface area contributed by atoms with Crippen LogP contribution >= 0.6 is 11.3 Å². The third kappa shape index (κ3) is 3.87. The Morgan fingerprint density at radius 3 is 3.00 bits per heavy atom. The van der Waals surface area contributed by atoms with Gasteiger partial charge in [-0.3, -0.25) is 10.3 Å². The summed E-state index contributed by atoms with van der Waals surface area (Å²) in [4.78, 5) is 20.8. The summed E-state index contributed by atoms with van der Waals surface area (Å²) in [5.41, 5.74) is 5.16. The molecule has 0 saturated carbocycles. The molecular weight excluding hydrogens is 368 g/mol. The number of urea groups is 1. The Morgan fingerprint density at radius 1 is 1.25 bits per heavy atom. The molecule has 1 aromatic carbocycles. The number of carbonyl (C=O) groups is 1. The van der Waals surface area contributed by atoms with Gasteiger partial charge >= 0.3 is 6.03 Å². The molecular formula is C22H20N4OS. The summed E-state index contributed by atoms with van der Waals surface area (Å²) in [6.07, 6.45) is 15.1. The first-order valence-electron chi connectivity index (χ1n) is 9.18. The first kappa shape index (κ1) is 18.1. The van der Waals surface area contributed by atoms with Crippen molar-refractivity contribution in [2.75, 3.05) is 11.9 Å². The molecule has 0 unspecified atom stereocenters. The highest BCUT2D eigenvalue weighted by Crippen LogP contribution is 2.37. The second-order valence-electron chi connectivity index (χ2n) is 6.31. The van der Waals surface area contributed by atoms with Crippen molar-refractivity contribution >= 4 is 38.3 Å². The van der Waals surface area contributed by atoms with Crippen LogP contribution in [0.25, 0.3) is 26.9 Å². The number of aromatic nitrogens is 2. The lowest BCUT2D eigenvalue weighted by Gasteiger charge is -2.08. The van der Waals surface area contributed by atoms with Crippen molar-refractivity contribution in [1.82, 2.24) is 15.3 Å². The number of thiazole rings is 1. The fourth-order valence-electron chi connectivity index (χ4n) is 3.06. The molecule has 5 nitrogen and oxygen atoms in total. The van der Waals surface area contributed by atoms with E-state index >= 15 is 0 Å². The molecule has 3 aromatic rings. The second-order valence-corrected chi connectivity index (χ2v) is 7.30. The number of hydrogen-bond acceptors (Lipinski definition) is 4. The second kappa shape index (κ2) is 8.19. The van der Waals surface area contributed by atoms with Crippen molar-refractivity contribution in [3.63, 3.8) is 0 Å². The minimum absolute atomic E-state index is 0.246. The summed E-state index contributed by atoms with van der Waals surface area (Å²) in [6.45, 7) is 2.45. The number of fused-ring (bicyclic) bond motifs is 1. The molecule has 0 atom stereocenters. The molecule has 2 aromatic heterocycles. The Hall–Kier alpha value is -3.25. The van der Waals surface area contributed by atoms with E-state index in [1.165, 1.54) is 11.3 Å². The zero-order valence-corrected chi connectivity index (χ0v) is 16.3. The number of anilines is 1. The van der Waals surface area contributed by atoms with E-state index in [1.807, 2.05) is 25.3 Å². The molecule has 0 spiro atoms. The summed E-state index contributed by atoms with van der Waals surface area (Å²) in [6, 6.07) is 7.96. The van der Waals surface area contributed by atoms with Crippen LogP contribution in [0.1, 0.15) is 18.9 Å². The van der Waals surface area contributed by atoms with Gasteiger partial charge in [0, 0.05) is 30.1 Å². The fourth-order valence-corrected chi connectivity index (χ4v) is 4.04. The Labute approximate surface area is 167 Å². The average Bonchev–Trinajstić information content (AvgIpc) is 2.92. The van der Waals surface area contributed by atoms with Crippen molar-refractivity contribution in [1.29, 1.82) is 0 Å². The number of nitrogens with one attached hydrogen (secondary N) is 2. The van der Waals surface area contributed by atoms with Crippen LogP contribution in [0.3, 0.4) is 0 Å².